The van der Waals surface area contributed by atoms with Crippen molar-refractivity contribution in [2.24, 2.45) is 0 Å². The molecule has 1 aliphatic rings. The number of sulfone groups is 1. The first-order valence-corrected chi connectivity index (χ1v) is 10.1. The second kappa shape index (κ2) is 6.80. The van der Waals surface area contributed by atoms with Gasteiger partial charge in [0.25, 0.3) is 0 Å². The molecule has 0 N–H and O–H groups in total. The van der Waals surface area contributed by atoms with Gasteiger partial charge in [-0.25, -0.2) is 8.42 Å². The Hall–Kier alpha value is -1.73. The summed E-state index contributed by atoms with van der Waals surface area (Å²) in [5.74, 6) is -0.0195. The summed E-state index contributed by atoms with van der Waals surface area (Å²) in [5, 5.41) is 1.40. The monoisotopic (exact) mass is 350 g/mol. The van der Waals surface area contributed by atoms with Crippen LogP contribution in [0.4, 0.5) is 0 Å². The molecule has 3 rings (SSSR count). The Morgan fingerprint density at radius 3 is 2.87 bits per heavy atom. The molecule has 1 saturated heterocycles. The SMILES string of the molecule is O=C(Cc1cccnc1)N1CCC(c2cccs2)S(=O)(=O)CC1. The molecule has 1 unspecified atom stereocenters. The van der Waals surface area contributed by atoms with Gasteiger partial charge in [0.05, 0.1) is 17.4 Å². The minimum atomic E-state index is -3.22. The van der Waals surface area contributed by atoms with Crippen LogP contribution in [0.15, 0.2) is 42.0 Å². The van der Waals surface area contributed by atoms with Crippen molar-refractivity contribution in [3.8, 4) is 0 Å². The lowest BCUT2D eigenvalue weighted by atomic mass is 10.2. The number of amides is 1. The molecule has 0 aromatic carbocycles. The van der Waals surface area contributed by atoms with Crippen molar-refractivity contribution in [2.75, 3.05) is 18.8 Å². The molecule has 1 aliphatic heterocycles. The Morgan fingerprint density at radius 1 is 1.30 bits per heavy atom. The molecule has 1 atom stereocenters. The van der Waals surface area contributed by atoms with E-state index in [1.165, 1.54) is 11.3 Å². The zero-order valence-corrected chi connectivity index (χ0v) is 14.2. The average Bonchev–Trinajstić information content (AvgIpc) is 2.99. The fourth-order valence-electron chi connectivity index (χ4n) is 2.78. The number of hydrogen-bond acceptors (Lipinski definition) is 5. The number of carbonyl (C=O) groups is 1. The van der Waals surface area contributed by atoms with Crippen LogP contribution >= 0.6 is 11.3 Å². The molecule has 0 saturated carbocycles. The number of carbonyl (C=O) groups excluding carboxylic acids is 1. The number of thiophene rings is 1. The first-order chi connectivity index (χ1) is 11.1. The number of pyridine rings is 1. The van der Waals surface area contributed by atoms with Gasteiger partial charge in [-0.15, -0.1) is 11.3 Å². The predicted molar refractivity (Wildman–Crippen MR) is 90.0 cm³/mol. The summed E-state index contributed by atoms with van der Waals surface area (Å²) in [6.07, 6.45) is 4.05. The number of hydrogen-bond donors (Lipinski definition) is 0. The van der Waals surface area contributed by atoms with Crippen molar-refractivity contribution < 1.29 is 13.2 Å². The highest BCUT2D eigenvalue weighted by atomic mass is 32.2. The van der Waals surface area contributed by atoms with Gasteiger partial charge >= 0.3 is 0 Å². The maximum Gasteiger partial charge on any atom is 0.227 e. The van der Waals surface area contributed by atoms with Crippen molar-refractivity contribution in [3.05, 3.63) is 52.5 Å². The highest BCUT2D eigenvalue weighted by molar-refractivity contribution is 7.91. The van der Waals surface area contributed by atoms with Crippen LogP contribution < -0.4 is 0 Å². The smallest absolute Gasteiger partial charge is 0.227 e. The van der Waals surface area contributed by atoms with Gasteiger partial charge in [-0.1, -0.05) is 12.1 Å². The minimum absolute atomic E-state index is 0.0222. The van der Waals surface area contributed by atoms with Crippen LogP contribution in [0, 0.1) is 0 Å². The second-order valence-electron chi connectivity index (χ2n) is 5.58. The van der Waals surface area contributed by atoms with E-state index in [0.29, 0.717) is 13.0 Å². The van der Waals surface area contributed by atoms with Crippen LogP contribution in [0.25, 0.3) is 0 Å². The van der Waals surface area contributed by atoms with Crippen molar-refractivity contribution in [1.29, 1.82) is 0 Å². The maximum absolute atomic E-state index is 12.5. The largest absolute Gasteiger partial charge is 0.341 e. The van der Waals surface area contributed by atoms with Gasteiger partial charge in [-0.3, -0.25) is 9.78 Å². The normalized spacial score (nSPS) is 20.9. The Balaban J connectivity index is 1.71. The third kappa shape index (κ3) is 3.79. The van der Waals surface area contributed by atoms with E-state index in [-0.39, 0.29) is 24.6 Å². The van der Waals surface area contributed by atoms with Gasteiger partial charge in [0.1, 0.15) is 0 Å². The standard InChI is InChI=1S/C16H18N2O3S2/c19-16(11-13-3-1-6-17-12-13)18-7-5-15(14-4-2-9-22-14)23(20,21)10-8-18/h1-4,6,9,12,15H,5,7-8,10-11H2. The first-order valence-electron chi connectivity index (χ1n) is 7.48. The molecule has 2 aromatic heterocycles. The van der Waals surface area contributed by atoms with Crippen molar-refractivity contribution in [3.63, 3.8) is 0 Å². The molecule has 23 heavy (non-hydrogen) atoms. The van der Waals surface area contributed by atoms with Crippen LogP contribution in [0.3, 0.4) is 0 Å². The number of aromatic nitrogens is 1. The zero-order valence-electron chi connectivity index (χ0n) is 12.6. The van der Waals surface area contributed by atoms with Gasteiger partial charge in [-0.05, 0) is 29.5 Å². The van der Waals surface area contributed by atoms with Crippen LogP contribution in [0.2, 0.25) is 0 Å². The molecule has 0 radical (unpaired) electrons. The van der Waals surface area contributed by atoms with Gasteiger partial charge in [-0.2, -0.15) is 0 Å². The molecule has 0 aliphatic carbocycles. The summed E-state index contributed by atoms with van der Waals surface area (Å²) in [7, 11) is -3.22. The lowest BCUT2D eigenvalue weighted by Crippen LogP contribution is -2.34. The van der Waals surface area contributed by atoms with Gasteiger partial charge in [0, 0.05) is 30.4 Å². The van der Waals surface area contributed by atoms with E-state index < -0.39 is 15.1 Å². The predicted octanol–water partition coefficient (Wildman–Crippen LogP) is 2.07. The van der Waals surface area contributed by atoms with E-state index >= 15 is 0 Å². The Morgan fingerprint density at radius 2 is 2.17 bits per heavy atom. The summed E-state index contributed by atoms with van der Waals surface area (Å²) < 4.78 is 25.0. The summed E-state index contributed by atoms with van der Waals surface area (Å²) in [6.45, 7) is 0.740. The van der Waals surface area contributed by atoms with Gasteiger partial charge in [0.2, 0.25) is 5.91 Å². The lowest BCUT2D eigenvalue weighted by Gasteiger charge is -2.19. The minimum Gasteiger partial charge on any atom is -0.341 e. The molecule has 1 amide bonds. The summed E-state index contributed by atoms with van der Waals surface area (Å²) in [4.78, 5) is 19.0. The highest BCUT2D eigenvalue weighted by Crippen LogP contribution is 2.32. The van der Waals surface area contributed by atoms with Crippen LogP contribution in [-0.4, -0.2) is 43.1 Å². The summed E-state index contributed by atoms with van der Waals surface area (Å²) >= 11 is 1.46. The van der Waals surface area contributed by atoms with E-state index in [1.807, 2.05) is 23.6 Å². The van der Waals surface area contributed by atoms with Gasteiger partial charge < -0.3 is 4.90 Å². The fraction of sp³-hybridized carbons (Fsp3) is 0.375. The molecule has 1 fully saturated rings. The van der Waals surface area contributed by atoms with Crippen LogP contribution in [0.1, 0.15) is 22.1 Å². The average molecular weight is 350 g/mol. The van der Waals surface area contributed by atoms with Gasteiger partial charge in [0.15, 0.2) is 9.84 Å². The second-order valence-corrected chi connectivity index (χ2v) is 8.86. The molecule has 0 bridgehead atoms. The fourth-order valence-corrected chi connectivity index (χ4v) is 5.78. The summed E-state index contributed by atoms with van der Waals surface area (Å²) in [6, 6.07) is 7.38. The molecule has 7 heteroatoms. The van der Waals surface area contributed by atoms with Crippen LogP contribution in [-0.2, 0) is 21.1 Å². The zero-order chi connectivity index (χ0) is 16.3. The Labute approximate surface area is 139 Å². The molecule has 122 valence electrons. The highest BCUT2D eigenvalue weighted by Gasteiger charge is 2.33. The molecule has 2 aromatic rings. The summed E-state index contributed by atoms with van der Waals surface area (Å²) in [5.41, 5.74) is 0.847. The maximum atomic E-state index is 12.5. The van der Waals surface area contributed by atoms with Crippen molar-refractivity contribution in [2.45, 2.75) is 18.1 Å². The van der Waals surface area contributed by atoms with E-state index in [0.717, 1.165) is 10.4 Å². The van der Waals surface area contributed by atoms with Crippen molar-refractivity contribution >= 4 is 27.1 Å². The lowest BCUT2D eigenvalue weighted by molar-refractivity contribution is -0.130. The quantitative estimate of drug-likeness (QED) is 0.850. The molecular weight excluding hydrogens is 332 g/mol. The molecular formula is C16H18N2O3S2. The van der Waals surface area contributed by atoms with E-state index in [2.05, 4.69) is 4.98 Å². The van der Waals surface area contributed by atoms with E-state index in [9.17, 15) is 13.2 Å². The third-order valence-electron chi connectivity index (χ3n) is 4.03. The van der Waals surface area contributed by atoms with E-state index in [1.54, 1.807) is 23.4 Å². The third-order valence-corrected chi connectivity index (χ3v) is 7.28. The van der Waals surface area contributed by atoms with Crippen LogP contribution in [0.5, 0.6) is 0 Å². The Kier molecular flexibility index (Phi) is 4.77. The number of rotatable bonds is 3. The molecule has 5 nitrogen and oxygen atoms in total. The number of nitrogens with zero attached hydrogens (tertiary/aromatic N) is 2. The first kappa shape index (κ1) is 16.1. The Bertz CT molecular complexity index is 758. The van der Waals surface area contributed by atoms with Crippen molar-refractivity contribution in [1.82, 2.24) is 9.88 Å². The molecule has 3 heterocycles. The molecule has 0 spiro atoms. The topological polar surface area (TPSA) is 67.3 Å². The van der Waals surface area contributed by atoms with E-state index in [4.69, 9.17) is 0 Å².